The summed E-state index contributed by atoms with van der Waals surface area (Å²) in [6.07, 6.45) is 4.01. The van der Waals surface area contributed by atoms with E-state index in [9.17, 15) is 4.79 Å². The van der Waals surface area contributed by atoms with Crippen LogP contribution in [0.5, 0.6) is 0 Å². The molecule has 1 aromatic carbocycles. The van der Waals surface area contributed by atoms with E-state index in [0.717, 1.165) is 12.1 Å². The number of hydrogen-bond acceptors (Lipinski definition) is 4. The van der Waals surface area contributed by atoms with Crippen LogP contribution in [0.25, 0.3) is 16.9 Å². The Kier molecular flexibility index (Phi) is 4.99. The Morgan fingerprint density at radius 3 is 2.32 bits per heavy atom. The highest BCUT2D eigenvalue weighted by atomic mass is 16.1. The predicted octanol–water partition coefficient (Wildman–Crippen LogP) is 3.07. The Morgan fingerprint density at radius 1 is 1.05 bits per heavy atom. The number of aryl methyl sites for hydroxylation is 2. The van der Waals surface area contributed by atoms with E-state index in [1.165, 1.54) is 18.0 Å². The molecule has 0 radical (unpaired) electrons. The molecule has 0 aliphatic heterocycles. The molecule has 5 heteroatoms. The van der Waals surface area contributed by atoms with E-state index in [-0.39, 0.29) is 11.1 Å². The van der Waals surface area contributed by atoms with E-state index < -0.39 is 0 Å². The average molecular weight is 296 g/mol. The van der Waals surface area contributed by atoms with E-state index in [1.807, 2.05) is 38.1 Å². The second-order valence-electron chi connectivity index (χ2n) is 4.55. The van der Waals surface area contributed by atoms with Crippen LogP contribution < -0.4 is 5.56 Å². The lowest BCUT2D eigenvalue weighted by atomic mass is 10.1. The van der Waals surface area contributed by atoms with Crippen LogP contribution in [0.15, 0.2) is 41.5 Å². The van der Waals surface area contributed by atoms with Crippen molar-refractivity contribution in [2.45, 2.75) is 34.1 Å². The minimum absolute atomic E-state index is 0.190. The minimum Gasteiger partial charge on any atom is -0.266 e. The van der Waals surface area contributed by atoms with Crippen LogP contribution in [0, 0.1) is 6.92 Å². The number of benzene rings is 1. The van der Waals surface area contributed by atoms with Gasteiger partial charge < -0.3 is 0 Å². The molecule has 0 aliphatic carbocycles. The highest BCUT2D eigenvalue weighted by Gasteiger charge is 2.11. The fourth-order valence-corrected chi connectivity index (χ4v) is 2.20. The molecule has 0 saturated heterocycles. The van der Waals surface area contributed by atoms with Crippen LogP contribution in [0.4, 0.5) is 0 Å². The van der Waals surface area contributed by atoms with Crippen molar-refractivity contribution in [3.8, 4) is 5.69 Å². The lowest BCUT2D eigenvalue weighted by molar-refractivity contribution is 0.881. The first kappa shape index (κ1) is 15.8. The van der Waals surface area contributed by atoms with Gasteiger partial charge in [0.15, 0.2) is 11.2 Å². The van der Waals surface area contributed by atoms with Gasteiger partial charge in [0.1, 0.15) is 5.82 Å². The largest absolute Gasteiger partial charge is 0.286 e. The lowest BCUT2D eigenvalue weighted by Crippen LogP contribution is -2.23. The van der Waals surface area contributed by atoms with Gasteiger partial charge >= 0.3 is 0 Å². The molecule has 0 N–H and O–H groups in total. The van der Waals surface area contributed by atoms with Crippen molar-refractivity contribution in [1.82, 2.24) is 19.5 Å². The topological polar surface area (TPSA) is 60.7 Å². The number of rotatable bonds is 2. The second-order valence-corrected chi connectivity index (χ2v) is 4.55. The third-order valence-corrected chi connectivity index (χ3v) is 3.28. The van der Waals surface area contributed by atoms with Crippen LogP contribution in [0.3, 0.4) is 0 Å². The third kappa shape index (κ3) is 2.88. The first-order chi connectivity index (χ1) is 10.7. The molecule has 0 amide bonds. The molecule has 3 rings (SSSR count). The maximum absolute atomic E-state index is 12.5. The van der Waals surface area contributed by atoms with Crippen LogP contribution >= 0.6 is 0 Å². The molecule has 0 atom stereocenters. The first-order valence-electron chi connectivity index (χ1n) is 7.50. The maximum Gasteiger partial charge on any atom is 0.286 e. The highest BCUT2D eigenvalue weighted by Crippen LogP contribution is 2.11. The smallest absolute Gasteiger partial charge is 0.266 e. The van der Waals surface area contributed by atoms with Crippen molar-refractivity contribution in [3.05, 3.63) is 58.4 Å². The molecule has 2 heterocycles. The lowest BCUT2D eigenvalue weighted by Gasteiger charge is -2.10. The molecule has 0 aliphatic rings. The molecule has 22 heavy (non-hydrogen) atoms. The van der Waals surface area contributed by atoms with Crippen LogP contribution in [-0.2, 0) is 6.42 Å². The van der Waals surface area contributed by atoms with Crippen molar-refractivity contribution in [1.29, 1.82) is 0 Å². The predicted molar refractivity (Wildman–Crippen MR) is 88.4 cm³/mol. The van der Waals surface area contributed by atoms with Crippen molar-refractivity contribution >= 4 is 11.2 Å². The van der Waals surface area contributed by atoms with Gasteiger partial charge in [0.25, 0.3) is 5.56 Å². The third-order valence-electron chi connectivity index (χ3n) is 3.28. The molecule has 5 nitrogen and oxygen atoms in total. The van der Waals surface area contributed by atoms with Crippen molar-refractivity contribution in [2.75, 3.05) is 0 Å². The number of hydrogen-bond donors (Lipinski definition) is 0. The molecule has 0 spiro atoms. The SMILES string of the molecule is CC.CCc1ccc(-n2c(C)nc3nccnc3c2=O)cc1. The van der Waals surface area contributed by atoms with Crippen molar-refractivity contribution < 1.29 is 0 Å². The molecule has 3 aromatic rings. The second kappa shape index (κ2) is 6.93. The summed E-state index contributed by atoms with van der Waals surface area (Å²) in [6.45, 7) is 7.89. The van der Waals surface area contributed by atoms with Crippen LogP contribution in [0.1, 0.15) is 32.2 Å². The Balaban J connectivity index is 0.000000847. The van der Waals surface area contributed by atoms with Crippen LogP contribution in [-0.4, -0.2) is 19.5 Å². The summed E-state index contributed by atoms with van der Waals surface area (Å²) in [4.78, 5) is 25.0. The number of aromatic nitrogens is 4. The Bertz CT molecular complexity index is 822. The fraction of sp³-hybridized carbons (Fsp3) is 0.294. The zero-order chi connectivity index (χ0) is 16.1. The normalized spacial score (nSPS) is 10.2. The van der Waals surface area contributed by atoms with Gasteiger partial charge in [0, 0.05) is 12.4 Å². The first-order valence-corrected chi connectivity index (χ1v) is 7.50. The molecule has 0 bridgehead atoms. The molecular formula is C17H20N4O. The summed E-state index contributed by atoms with van der Waals surface area (Å²) in [5, 5.41) is 0. The maximum atomic E-state index is 12.5. The Morgan fingerprint density at radius 2 is 1.68 bits per heavy atom. The summed E-state index contributed by atoms with van der Waals surface area (Å²) >= 11 is 0. The summed E-state index contributed by atoms with van der Waals surface area (Å²) in [5.74, 6) is 0.604. The molecular weight excluding hydrogens is 276 g/mol. The Hall–Kier alpha value is -2.56. The molecule has 2 aromatic heterocycles. The summed E-state index contributed by atoms with van der Waals surface area (Å²) < 4.78 is 1.57. The van der Waals surface area contributed by atoms with Gasteiger partial charge in [0.05, 0.1) is 5.69 Å². The van der Waals surface area contributed by atoms with Gasteiger partial charge in [-0.3, -0.25) is 9.36 Å². The zero-order valence-corrected chi connectivity index (χ0v) is 13.4. The molecule has 0 unspecified atom stereocenters. The van der Waals surface area contributed by atoms with Gasteiger partial charge in [-0.2, -0.15) is 0 Å². The average Bonchev–Trinajstić information content (AvgIpc) is 2.57. The Labute approximate surface area is 129 Å². The van der Waals surface area contributed by atoms with E-state index >= 15 is 0 Å². The van der Waals surface area contributed by atoms with Crippen molar-refractivity contribution in [2.24, 2.45) is 0 Å². The van der Waals surface area contributed by atoms with E-state index in [2.05, 4.69) is 21.9 Å². The zero-order valence-electron chi connectivity index (χ0n) is 13.4. The van der Waals surface area contributed by atoms with Gasteiger partial charge in [-0.1, -0.05) is 32.9 Å². The molecule has 0 saturated carbocycles. The van der Waals surface area contributed by atoms with Crippen molar-refractivity contribution in [3.63, 3.8) is 0 Å². The standard InChI is InChI=1S/C15H14N4O.C2H6/c1-3-11-4-6-12(7-5-11)19-10(2)18-14-13(15(19)20)16-8-9-17-14;1-2/h4-9H,3H2,1-2H3;1-2H3. The molecule has 114 valence electrons. The van der Waals surface area contributed by atoms with Crippen LogP contribution in [0.2, 0.25) is 0 Å². The quantitative estimate of drug-likeness (QED) is 0.729. The summed E-state index contributed by atoms with van der Waals surface area (Å²) in [5.41, 5.74) is 2.51. The number of fused-ring (bicyclic) bond motifs is 1. The fourth-order valence-electron chi connectivity index (χ4n) is 2.20. The highest BCUT2D eigenvalue weighted by molar-refractivity contribution is 5.68. The van der Waals surface area contributed by atoms with Gasteiger partial charge in [-0.15, -0.1) is 0 Å². The number of nitrogens with zero attached hydrogens (tertiary/aromatic N) is 4. The summed E-state index contributed by atoms with van der Waals surface area (Å²) in [6, 6.07) is 7.89. The monoisotopic (exact) mass is 296 g/mol. The van der Waals surface area contributed by atoms with E-state index in [4.69, 9.17) is 0 Å². The van der Waals surface area contributed by atoms with Gasteiger partial charge in [-0.25, -0.2) is 15.0 Å². The van der Waals surface area contributed by atoms with E-state index in [1.54, 1.807) is 11.5 Å². The summed E-state index contributed by atoms with van der Waals surface area (Å²) in [7, 11) is 0. The minimum atomic E-state index is -0.190. The molecule has 0 fully saturated rings. The van der Waals surface area contributed by atoms with Gasteiger partial charge in [-0.05, 0) is 31.0 Å². The van der Waals surface area contributed by atoms with E-state index in [0.29, 0.717) is 11.5 Å². The van der Waals surface area contributed by atoms with Gasteiger partial charge in [0.2, 0.25) is 0 Å².